The molecule has 100 valence electrons. The number of carbonyl (C=O) groups excluding carboxylic acids is 1. The normalized spacial score (nSPS) is 27.6. The molecule has 0 aromatic carbocycles. The summed E-state index contributed by atoms with van der Waals surface area (Å²) in [5.74, 6) is 0.382. The van der Waals surface area contributed by atoms with Crippen molar-refractivity contribution in [2.45, 2.75) is 25.9 Å². The lowest BCUT2D eigenvalue weighted by Crippen LogP contribution is -2.49. The zero-order chi connectivity index (χ0) is 13.0. The molecule has 5 nitrogen and oxygen atoms in total. The van der Waals surface area contributed by atoms with Gasteiger partial charge in [-0.15, -0.1) is 0 Å². The summed E-state index contributed by atoms with van der Waals surface area (Å²) in [4.78, 5) is 15.9. The number of nitrogens with zero attached hydrogens (tertiary/aromatic N) is 2. The zero-order valence-corrected chi connectivity index (χ0v) is 11.4. The molecule has 17 heavy (non-hydrogen) atoms. The molecule has 1 fully saturated rings. The lowest BCUT2D eigenvalue weighted by Gasteiger charge is -2.24. The Labute approximate surface area is 104 Å². The van der Waals surface area contributed by atoms with E-state index in [0.29, 0.717) is 12.0 Å². The van der Waals surface area contributed by atoms with Gasteiger partial charge in [0.2, 0.25) is 5.91 Å². The molecule has 1 heterocycles. The SMILES string of the molecule is CCNC(CN1CC(C)C(N(C)C)C1)C(N)=O. The number of hydrogen-bond acceptors (Lipinski definition) is 4. The van der Waals surface area contributed by atoms with Gasteiger partial charge in [0.15, 0.2) is 0 Å². The summed E-state index contributed by atoms with van der Waals surface area (Å²) >= 11 is 0. The summed E-state index contributed by atoms with van der Waals surface area (Å²) in [7, 11) is 4.22. The van der Waals surface area contributed by atoms with E-state index in [1.807, 2.05) is 6.92 Å². The fourth-order valence-corrected chi connectivity index (χ4v) is 2.63. The van der Waals surface area contributed by atoms with Crippen LogP contribution in [0.3, 0.4) is 0 Å². The second-order valence-electron chi connectivity index (χ2n) is 5.24. The Morgan fingerprint density at radius 1 is 1.53 bits per heavy atom. The van der Waals surface area contributed by atoms with E-state index < -0.39 is 0 Å². The number of likely N-dealkylation sites (tertiary alicyclic amines) is 1. The molecule has 0 radical (unpaired) electrons. The van der Waals surface area contributed by atoms with E-state index in [4.69, 9.17) is 5.73 Å². The fourth-order valence-electron chi connectivity index (χ4n) is 2.63. The van der Waals surface area contributed by atoms with Crippen LogP contribution in [0.15, 0.2) is 0 Å². The molecule has 1 amide bonds. The molecule has 1 aliphatic heterocycles. The Hall–Kier alpha value is -0.650. The average Bonchev–Trinajstić information content (AvgIpc) is 2.59. The van der Waals surface area contributed by atoms with Gasteiger partial charge in [0, 0.05) is 25.7 Å². The first-order chi connectivity index (χ1) is 7.95. The van der Waals surface area contributed by atoms with Crippen molar-refractivity contribution in [1.82, 2.24) is 15.1 Å². The molecule has 0 saturated carbocycles. The van der Waals surface area contributed by atoms with Crippen molar-refractivity contribution >= 4 is 5.91 Å². The molecule has 3 atom stereocenters. The number of hydrogen-bond donors (Lipinski definition) is 2. The summed E-state index contributed by atoms with van der Waals surface area (Å²) < 4.78 is 0. The first-order valence-electron chi connectivity index (χ1n) is 6.37. The summed E-state index contributed by atoms with van der Waals surface area (Å²) in [6, 6.07) is 0.346. The largest absolute Gasteiger partial charge is 0.368 e. The van der Waals surface area contributed by atoms with Crippen LogP contribution < -0.4 is 11.1 Å². The molecular weight excluding hydrogens is 216 g/mol. The lowest BCUT2D eigenvalue weighted by atomic mass is 10.1. The zero-order valence-electron chi connectivity index (χ0n) is 11.4. The third kappa shape index (κ3) is 3.94. The Kier molecular flexibility index (Phi) is 5.36. The summed E-state index contributed by atoms with van der Waals surface area (Å²) in [6.07, 6.45) is 0. The van der Waals surface area contributed by atoms with Gasteiger partial charge < -0.3 is 16.0 Å². The van der Waals surface area contributed by atoms with Gasteiger partial charge in [0.05, 0.1) is 6.04 Å². The van der Waals surface area contributed by atoms with Crippen molar-refractivity contribution in [2.75, 3.05) is 40.3 Å². The van der Waals surface area contributed by atoms with Gasteiger partial charge in [-0.1, -0.05) is 13.8 Å². The second-order valence-corrected chi connectivity index (χ2v) is 5.24. The number of likely N-dealkylation sites (N-methyl/N-ethyl adjacent to an activating group) is 2. The predicted molar refractivity (Wildman–Crippen MR) is 69.7 cm³/mol. The minimum Gasteiger partial charge on any atom is -0.368 e. The molecule has 1 saturated heterocycles. The van der Waals surface area contributed by atoms with Gasteiger partial charge in [0.25, 0.3) is 0 Å². The maximum absolute atomic E-state index is 11.3. The van der Waals surface area contributed by atoms with Crippen LogP contribution >= 0.6 is 0 Å². The number of nitrogens with two attached hydrogens (primary N) is 1. The van der Waals surface area contributed by atoms with Crippen LogP contribution in [-0.2, 0) is 4.79 Å². The lowest BCUT2D eigenvalue weighted by molar-refractivity contribution is -0.120. The first kappa shape index (κ1) is 14.4. The molecule has 0 aromatic rings. The van der Waals surface area contributed by atoms with E-state index in [9.17, 15) is 4.79 Å². The number of carbonyl (C=O) groups is 1. The number of primary amides is 1. The summed E-state index contributed by atoms with van der Waals surface area (Å²) in [5.41, 5.74) is 5.39. The highest BCUT2D eigenvalue weighted by Gasteiger charge is 2.32. The van der Waals surface area contributed by atoms with Gasteiger partial charge in [-0.3, -0.25) is 9.69 Å². The minimum absolute atomic E-state index is 0.229. The van der Waals surface area contributed by atoms with Gasteiger partial charge in [0.1, 0.15) is 0 Å². The van der Waals surface area contributed by atoms with E-state index in [2.05, 4.69) is 36.1 Å². The van der Waals surface area contributed by atoms with E-state index in [-0.39, 0.29) is 11.9 Å². The Bertz CT molecular complexity index is 257. The number of nitrogens with one attached hydrogen (secondary N) is 1. The van der Waals surface area contributed by atoms with Crippen LogP contribution in [0.25, 0.3) is 0 Å². The van der Waals surface area contributed by atoms with Crippen molar-refractivity contribution < 1.29 is 4.79 Å². The van der Waals surface area contributed by atoms with Gasteiger partial charge in [-0.05, 0) is 26.6 Å². The topological polar surface area (TPSA) is 61.6 Å². The predicted octanol–water partition coefficient (Wildman–Crippen LogP) is -0.668. The minimum atomic E-state index is -0.257. The first-order valence-corrected chi connectivity index (χ1v) is 6.37. The molecule has 5 heteroatoms. The highest BCUT2D eigenvalue weighted by Crippen LogP contribution is 2.19. The molecule has 0 aromatic heterocycles. The van der Waals surface area contributed by atoms with Crippen molar-refractivity contribution in [3.8, 4) is 0 Å². The Morgan fingerprint density at radius 3 is 2.59 bits per heavy atom. The third-order valence-corrected chi connectivity index (χ3v) is 3.55. The molecule has 0 aliphatic carbocycles. The molecule has 0 bridgehead atoms. The van der Waals surface area contributed by atoms with Crippen molar-refractivity contribution in [3.63, 3.8) is 0 Å². The number of rotatable bonds is 6. The van der Waals surface area contributed by atoms with Gasteiger partial charge in [-0.2, -0.15) is 0 Å². The van der Waals surface area contributed by atoms with Crippen LogP contribution in [0.4, 0.5) is 0 Å². The maximum atomic E-state index is 11.3. The second kappa shape index (κ2) is 6.33. The van der Waals surface area contributed by atoms with Crippen molar-refractivity contribution in [1.29, 1.82) is 0 Å². The van der Waals surface area contributed by atoms with Crippen LogP contribution in [-0.4, -0.2) is 68.1 Å². The Balaban J connectivity index is 2.50. The molecule has 1 rings (SSSR count). The van der Waals surface area contributed by atoms with E-state index in [0.717, 1.165) is 26.2 Å². The van der Waals surface area contributed by atoms with Crippen molar-refractivity contribution in [2.24, 2.45) is 11.7 Å². The molecule has 3 N–H and O–H groups in total. The maximum Gasteiger partial charge on any atom is 0.235 e. The monoisotopic (exact) mass is 242 g/mol. The molecular formula is C12H26N4O. The van der Waals surface area contributed by atoms with Gasteiger partial charge >= 0.3 is 0 Å². The Morgan fingerprint density at radius 2 is 2.18 bits per heavy atom. The van der Waals surface area contributed by atoms with Gasteiger partial charge in [-0.25, -0.2) is 0 Å². The number of amides is 1. The molecule has 1 aliphatic rings. The highest BCUT2D eigenvalue weighted by atomic mass is 16.1. The smallest absolute Gasteiger partial charge is 0.235 e. The van der Waals surface area contributed by atoms with Crippen LogP contribution in [0.5, 0.6) is 0 Å². The fraction of sp³-hybridized carbons (Fsp3) is 0.917. The van der Waals surface area contributed by atoms with E-state index in [1.165, 1.54) is 0 Å². The quantitative estimate of drug-likeness (QED) is 0.648. The third-order valence-electron chi connectivity index (χ3n) is 3.55. The van der Waals surface area contributed by atoms with Crippen LogP contribution in [0.1, 0.15) is 13.8 Å². The molecule has 3 unspecified atom stereocenters. The van der Waals surface area contributed by atoms with Crippen molar-refractivity contribution in [3.05, 3.63) is 0 Å². The van der Waals surface area contributed by atoms with E-state index >= 15 is 0 Å². The summed E-state index contributed by atoms with van der Waals surface area (Å²) in [5, 5.41) is 3.14. The highest BCUT2D eigenvalue weighted by molar-refractivity contribution is 5.80. The van der Waals surface area contributed by atoms with Crippen LogP contribution in [0.2, 0.25) is 0 Å². The summed E-state index contributed by atoms with van der Waals surface area (Å²) in [6.45, 7) is 7.80. The van der Waals surface area contributed by atoms with E-state index in [1.54, 1.807) is 0 Å². The van der Waals surface area contributed by atoms with Crippen LogP contribution in [0, 0.1) is 5.92 Å². The molecule has 0 spiro atoms. The standard InChI is InChI=1S/C12H26N4O/c1-5-14-10(12(13)17)7-16-6-9(2)11(8-16)15(3)4/h9-11,14H,5-8H2,1-4H3,(H2,13,17). The average molecular weight is 242 g/mol.